The Bertz CT molecular complexity index is 1150. The molecule has 3 aromatic rings. The van der Waals surface area contributed by atoms with E-state index in [0.717, 1.165) is 27.3 Å². The Kier molecular flexibility index (Phi) is 7.35. The second-order valence-electron chi connectivity index (χ2n) is 7.01. The molecule has 0 saturated carbocycles. The number of carbonyl (C=O) groups excluding carboxylic acids is 1. The van der Waals surface area contributed by atoms with Gasteiger partial charge in [-0.25, -0.2) is 9.97 Å². The van der Waals surface area contributed by atoms with Crippen molar-refractivity contribution in [3.63, 3.8) is 0 Å². The molecule has 0 unspecified atom stereocenters. The van der Waals surface area contributed by atoms with E-state index in [0.29, 0.717) is 49.9 Å². The summed E-state index contributed by atoms with van der Waals surface area (Å²) in [5, 5.41) is 5.64. The van der Waals surface area contributed by atoms with Crippen LogP contribution in [-0.2, 0) is 11.2 Å². The summed E-state index contributed by atoms with van der Waals surface area (Å²) in [6, 6.07) is 0. The minimum Gasteiger partial charge on any atom is -0.378 e. The number of amides is 1. The number of hydrogen-bond donors (Lipinski definition) is 1. The third kappa shape index (κ3) is 4.93. The van der Waals surface area contributed by atoms with Crippen molar-refractivity contribution < 1.29 is 9.53 Å². The highest BCUT2D eigenvalue weighted by atomic mass is 32.1. The van der Waals surface area contributed by atoms with Crippen molar-refractivity contribution in [1.29, 1.82) is 0 Å². The lowest BCUT2D eigenvalue weighted by atomic mass is 10.2. The number of ether oxygens (including phenoxy) is 1. The molecule has 166 valence electrons. The Balaban J connectivity index is 1.69. The minimum atomic E-state index is -0.127. The number of aromatic nitrogens is 3. The van der Waals surface area contributed by atoms with E-state index in [9.17, 15) is 4.79 Å². The normalized spacial score (nSPS) is 14.9. The van der Waals surface area contributed by atoms with Gasteiger partial charge in [0.15, 0.2) is 5.82 Å². The molecule has 0 bridgehead atoms. The molecule has 1 N–H and O–H groups in total. The van der Waals surface area contributed by atoms with Crippen LogP contribution in [0.2, 0.25) is 0 Å². The molecule has 3 aromatic heterocycles. The molecule has 0 aliphatic carbocycles. The smallest absolute Gasteiger partial charge is 0.252 e. The van der Waals surface area contributed by atoms with Crippen molar-refractivity contribution in [3.8, 4) is 0 Å². The van der Waals surface area contributed by atoms with Crippen LogP contribution in [0.3, 0.4) is 0 Å². The Morgan fingerprint density at radius 2 is 2.19 bits per heavy atom. The predicted molar refractivity (Wildman–Crippen MR) is 131 cm³/mol. The largest absolute Gasteiger partial charge is 0.378 e. The van der Waals surface area contributed by atoms with Crippen LogP contribution in [0.1, 0.15) is 28.0 Å². The van der Waals surface area contributed by atoms with Crippen molar-refractivity contribution in [3.05, 3.63) is 51.6 Å². The van der Waals surface area contributed by atoms with Gasteiger partial charge in [-0.2, -0.15) is 0 Å². The van der Waals surface area contributed by atoms with E-state index in [-0.39, 0.29) is 5.91 Å². The molecule has 0 radical (unpaired) electrons. The summed E-state index contributed by atoms with van der Waals surface area (Å²) >= 11 is 3.02. The number of hydrogen-bond acceptors (Lipinski definition) is 9. The average Bonchev–Trinajstić information content (AvgIpc) is 3.49. The quantitative estimate of drug-likeness (QED) is 0.401. The fourth-order valence-corrected chi connectivity index (χ4v) is 4.87. The highest BCUT2D eigenvalue weighted by molar-refractivity contribution is 7.17. The molecular weight excluding hydrogens is 444 g/mol. The summed E-state index contributed by atoms with van der Waals surface area (Å²) < 4.78 is 5.52. The third-order valence-corrected chi connectivity index (χ3v) is 6.67. The van der Waals surface area contributed by atoms with Crippen molar-refractivity contribution in [2.24, 2.45) is 4.99 Å². The van der Waals surface area contributed by atoms with Gasteiger partial charge in [-0.1, -0.05) is 12.2 Å². The lowest BCUT2D eigenvalue weighted by Gasteiger charge is -2.28. The summed E-state index contributed by atoms with van der Waals surface area (Å²) in [5.41, 5.74) is 2.97. The van der Waals surface area contributed by atoms with Gasteiger partial charge in [0, 0.05) is 42.5 Å². The van der Waals surface area contributed by atoms with Crippen LogP contribution in [-0.4, -0.2) is 60.4 Å². The Morgan fingerprint density at radius 3 is 2.91 bits per heavy atom. The first-order valence-corrected chi connectivity index (χ1v) is 12.0. The number of thiophene rings is 1. The molecule has 10 heteroatoms. The van der Waals surface area contributed by atoms with E-state index < -0.39 is 0 Å². The molecule has 32 heavy (non-hydrogen) atoms. The number of rotatable bonds is 8. The molecule has 0 atom stereocenters. The second-order valence-corrected chi connectivity index (χ2v) is 8.84. The first-order valence-electron chi connectivity index (χ1n) is 10.3. The van der Waals surface area contributed by atoms with E-state index in [4.69, 9.17) is 14.7 Å². The minimum absolute atomic E-state index is 0.127. The fourth-order valence-electron chi connectivity index (χ4n) is 3.35. The van der Waals surface area contributed by atoms with E-state index in [1.165, 1.54) is 11.3 Å². The summed E-state index contributed by atoms with van der Waals surface area (Å²) in [5.74, 6) is 1.10. The van der Waals surface area contributed by atoms with E-state index >= 15 is 0 Å². The van der Waals surface area contributed by atoms with Crippen molar-refractivity contribution in [2.45, 2.75) is 13.3 Å². The molecule has 1 aliphatic rings. The number of carbonyl (C=O) groups is 1. The van der Waals surface area contributed by atoms with Gasteiger partial charge in [-0.15, -0.1) is 22.7 Å². The highest BCUT2D eigenvalue weighted by Crippen LogP contribution is 2.34. The van der Waals surface area contributed by atoms with Crippen LogP contribution in [0.4, 0.5) is 5.82 Å². The summed E-state index contributed by atoms with van der Waals surface area (Å²) in [6.07, 6.45) is 8.20. The number of anilines is 1. The number of nitrogens with zero attached hydrogens (tertiary/aromatic N) is 5. The monoisotopic (exact) mass is 468 g/mol. The average molecular weight is 469 g/mol. The lowest BCUT2D eigenvalue weighted by molar-refractivity contribution is 0.0956. The molecule has 1 saturated heterocycles. The van der Waals surface area contributed by atoms with Crippen molar-refractivity contribution in [1.82, 2.24) is 20.3 Å². The Hall–Kier alpha value is -2.95. The molecular formula is C22H24N6O2S2. The first kappa shape index (κ1) is 22.3. The number of nitrogens with one attached hydrogen (secondary N) is 1. The van der Waals surface area contributed by atoms with Gasteiger partial charge < -0.3 is 15.0 Å². The van der Waals surface area contributed by atoms with Crippen LogP contribution < -0.4 is 10.2 Å². The fraction of sp³-hybridized carbons (Fsp3) is 0.318. The Morgan fingerprint density at radius 1 is 1.34 bits per heavy atom. The van der Waals surface area contributed by atoms with Gasteiger partial charge >= 0.3 is 0 Å². The SMILES string of the molecule is C=N/C(=C\C=C/C)c1nc(N2CCOCC2)c2c(C(=O)NCCc3cncs3)csc2n1. The van der Waals surface area contributed by atoms with E-state index in [1.807, 2.05) is 36.7 Å². The van der Waals surface area contributed by atoms with Crippen LogP contribution in [0.5, 0.6) is 0 Å². The van der Waals surface area contributed by atoms with Gasteiger partial charge in [0.2, 0.25) is 0 Å². The van der Waals surface area contributed by atoms with Gasteiger partial charge in [-0.3, -0.25) is 14.8 Å². The van der Waals surface area contributed by atoms with Crippen LogP contribution >= 0.6 is 22.7 Å². The lowest BCUT2D eigenvalue weighted by Crippen LogP contribution is -2.37. The molecule has 4 rings (SSSR count). The zero-order chi connectivity index (χ0) is 22.3. The van der Waals surface area contributed by atoms with E-state index in [1.54, 1.807) is 16.8 Å². The second kappa shape index (κ2) is 10.6. The zero-order valence-electron chi connectivity index (χ0n) is 17.8. The van der Waals surface area contributed by atoms with E-state index in [2.05, 4.69) is 26.9 Å². The molecule has 4 heterocycles. The molecule has 0 aromatic carbocycles. The number of fused-ring (bicyclic) bond motifs is 1. The van der Waals surface area contributed by atoms with Crippen molar-refractivity contribution in [2.75, 3.05) is 37.7 Å². The molecule has 1 aliphatic heterocycles. The Labute approximate surface area is 194 Å². The molecule has 8 nitrogen and oxygen atoms in total. The maximum Gasteiger partial charge on any atom is 0.252 e. The maximum atomic E-state index is 13.0. The van der Waals surface area contributed by atoms with Gasteiger partial charge in [0.1, 0.15) is 16.3 Å². The number of allylic oxidation sites excluding steroid dienone is 3. The third-order valence-electron chi connectivity index (χ3n) is 4.96. The summed E-state index contributed by atoms with van der Waals surface area (Å²) in [4.78, 5) is 34.8. The standard InChI is InChI=1S/C22H24N6O2S2/c1-3-4-5-17(23-2)19-26-20(28-8-10-30-11-9-28)18-16(13-31-22(18)27-19)21(29)25-7-6-15-12-24-14-32-15/h3-5,12-14H,2,6-11H2,1H3,(H,25,29)/b4-3-,17-5-. The van der Waals surface area contributed by atoms with Crippen LogP contribution in [0.15, 0.2) is 40.3 Å². The van der Waals surface area contributed by atoms with Gasteiger partial charge in [-0.05, 0) is 19.7 Å². The number of morpholine rings is 1. The predicted octanol–water partition coefficient (Wildman–Crippen LogP) is 3.57. The molecule has 1 fully saturated rings. The first-order chi connectivity index (χ1) is 15.7. The maximum absolute atomic E-state index is 13.0. The van der Waals surface area contributed by atoms with Crippen molar-refractivity contribution >= 4 is 57.0 Å². The van der Waals surface area contributed by atoms with Gasteiger partial charge in [0.25, 0.3) is 5.91 Å². The number of aliphatic imine (C=N–C) groups is 1. The molecule has 1 amide bonds. The summed E-state index contributed by atoms with van der Waals surface area (Å²) in [7, 11) is 0. The zero-order valence-corrected chi connectivity index (χ0v) is 19.4. The summed E-state index contributed by atoms with van der Waals surface area (Å²) in [6.45, 7) is 8.77. The van der Waals surface area contributed by atoms with Gasteiger partial charge in [0.05, 0.1) is 29.7 Å². The van der Waals surface area contributed by atoms with Crippen LogP contribution in [0.25, 0.3) is 15.9 Å². The number of thiazole rings is 1. The topological polar surface area (TPSA) is 92.6 Å². The van der Waals surface area contributed by atoms with Crippen LogP contribution in [0, 0.1) is 0 Å². The molecule has 0 spiro atoms. The highest BCUT2D eigenvalue weighted by Gasteiger charge is 2.24.